The first-order chi connectivity index (χ1) is 11.7. The van der Waals surface area contributed by atoms with Crippen molar-refractivity contribution >= 4 is 17.7 Å². The van der Waals surface area contributed by atoms with Crippen molar-refractivity contribution in [2.75, 3.05) is 20.2 Å². The summed E-state index contributed by atoms with van der Waals surface area (Å²) < 4.78 is 4.79. The van der Waals surface area contributed by atoms with Crippen LogP contribution in [0.4, 0.5) is 0 Å². The molecular formula is C18H23N3O2S. The molecule has 0 amide bonds. The Kier molecular flexibility index (Phi) is 5.58. The van der Waals surface area contributed by atoms with E-state index in [2.05, 4.69) is 46.3 Å². The van der Waals surface area contributed by atoms with Crippen LogP contribution in [0.3, 0.4) is 0 Å². The lowest BCUT2D eigenvalue weighted by Gasteiger charge is -2.31. The summed E-state index contributed by atoms with van der Waals surface area (Å²) in [6, 6.07) is 8.58. The Labute approximate surface area is 146 Å². The van der Waals surface area contributed by atoms with Crippen molar-refractivity contribution < 1.29 is 9.53 Å². The fraction of sp³-hybridized carbons (Fsp3) is 0.444. The third kappa shape index (κ3) is 3.99. The second-order valence-electron chi connectivity index (χ2n) is 6.12. The van der Waals surface area contributed by atoms with Crippen molar-refractivity contribution in [2.45, 2.75) is 36.5 Å². The number of nitrogens with one attached hydrogen (secondary N) is 1. The van der Waals surface area contributed by atoms with Gasteiger partial charge in [-0.15, -0.1) is 11.8 Å². The number of thioether (sulfide) groups is 1. The molecule has 0 saturated carbocycles. The molecular weight excluding hydrogens is 322 g/mol. The number of hydrogen-bond acceptors (Lipinski definition) is 5. The maximum absolute atomic E-state index is 11.7. The first kappa shape index (κ1) is 17.0. The Morgan fingerprint density at radius 3 is 2.83 bits per heavy atom. The highest BCUT2D eigenvalue weighted by Crippen LogP contribution is 2.32. The molecule has 1 aliphatic heterocycles. The maximum Gasteiger partial charge on any atom is 0.356 e. The van der Waals surface area contributed by atoms with Gasteiger partial charge in [0.1, 0.15) is 5.69 Å². The van der Waals surface area contributed by atoms with Gasteiger partial charge < -0.3 is 4.74 Å². The Morgan fingerprint density at radius 2 is 2.12 bits per heavy atom. The van der Waals surface area contributed by atoms with Crippen LogP contribution < -0.4 is 0 Å². The third-order valence-corrected chi connectivity index (χ3v) is 5.94. The normalized spacial score (nSPS) is 16.2. The van der Waals surface area contributed by atoms with Crippen LogP contribution >= 0.6 is 11.8 Å². The van der Waals surface area contributed by atoms with E-state index in [1.54, 1.807) is 6.20 Å². The van der Waals surface area contributed by atoms with Crippen molar-refractivity contribution in [3.05, 3.63) is 47.3 Å². The van der Waals surface area contributed by atoms with Crippen molar-refractivity contribution in [3.63, 3.8) is 0 Å². The van der Waals surface area contributed by atoms with E-state index in [9.17, 15) is 4.79 Å². The summed E-state index contributed by atoms with van der Waals surface area (Å²) in [5, 5.41) is 7.38. The number of H-pyrrole nitrogens is 1. The summed E-state index contributed by atoms with van der Waals surface area (Å²) in [7, 11) is 1.39. The number of esters is 1. The lowest BCUT2D eigenvalue weighted by Crippen LogP contribution is -2.34. The van der Waals surface area contributed by atoms with E-state index < -0.39 is 0 Å². The first-order valence-electron chi connectivity index (χ1n) is 8.22. The quantitative estimate of drug-likeness (QED) is 0.843. The van der Waals surface area contributed by atoms with Gasteiger partial charge in [-0.2, -0.15) is 5.10 Å². The summed E-state index contributed by atoms with van der Waals surface area (Å²) in [5.41, 5.74) is 2.73. The lowest BCUT2D eigenvalue weighted by molar-refractivity contribution is 0.0591. The topological polar surface area (TPSA) is 58.2 Å². The van der Waals surface area contributed by atoms with Crippen LogP contribution in [0.2, 0.25) is 0 Å². The standard InChI is InChI=1S/C18H23N3O2S/c1-13-5-3-4-6-16(13)24-15-7-9-21(10-8-15)12-14-11-19-20-17(14)18(22)23-2/h3-6,11,15H,7-10,12H2,1-2H3,(H,19,20). The summed E-state index contributed by atoms with van der Waals surface area (Å²) in [6.07, 6.45) is 4.04. The van der Waals surface area contributed by atoms with E-state index in [1.807, 2.05) is 11.8 Å². The molecule has 6 heteroatoms. The number of aromatic nitrogens is 2. The average molecular weight is 345 g/mol. The fourth-order valence-electron chi connectivity index (χ4n) is 3.00. The minimum absolute atomic E-state index is 0.354. The van der Waals surface area contributed by atoms with Crippen LogP contribution in [-0.4, -0.2) is 46.5 Å². The van der Waals surface area contributed by atoms with Crippen LogP contribution in [0.5, 0.6) is 0 Å². The van der Waals surface area contributed by atoms with Crippen LogP contribution in [0.15, 0.2) is 35.4 Å². The molecule has 128 valence electrons. The van der Waals surface area contributed by atoms with E-state index in [0.717, 1.165) is 38.0 Å². The number of nitrogens with zero attached hydrogens (tertiary/aromatic N) is 2. The van der Waals surface area contributed by atoms with E-state index in [1.165, 1.54) is 17.6 Å². The summed E-state index contributed by atoms with van der Waals surface area (Å²) in [4.78, 5) is 15.5. The number of ether oxygens (including phenoxy) is 1. The molecule has 0 bridgehead atoms. The molecule has 1 N–H and O–H groups in total. The number of carbonyl (C=O) groups excluding carboxylic acids is 1. The predicted octanol–water partition coefficient (Wildman–Crippen LogP) is 3.26. The Bertz CT molecular complexity index is 693. The van der Waals surface area contributed by atoms with Gasteiger partial charge in [0.15, 0.2) is 0 Å². The van der Waals surface area contributed by atoms with Gasteiger partial charge >= 0.3 is 5.97 Å². The van der Waals surface area contributed by atoms with E-state index in [0.29, 0.717) is 10.9 Å². The number of likely N-dealkylation sites (tertiary alicyclic amines) is 1. The van der Waals surface area contributed by atoms with Crippen LogP contribution in [0, 0.1) is 6.92 Å². The van der Waals surface area contributed by atoms with Gasteiger partial charge in [-0.25, -0.2) is 4.79 Å². The zero-order valence-electron chi connectivity index (χ0n) is 14.1. The molecule has 3 rings (SSSR count). The minimum Gasteiger partial charge on any atom is -0.464 e. The molecule has 1 aromatic carbocycles. The number of benzene rings is 1. The monoisotopic (exact) mass is 345 g/mol. The second kappa shape index (κ2) is 7.85. The number of rotatable bonds is 5. The fourth-order valence-corrected chi connectivity index (χ4v) is 4.22. The third-order valence-electron chi connectivity index (χ3n) is 4.42. The Morgan fingerprint density at radius 1 is 1.38 bits per heavy atom. The number of aryl methyl sites for hydroxylation is 1. The van der Waals surface area contributed by atoms with Crippen LogP contribution in [0.25, 0.3) is 0 Å². The van der Waals surface area contributed by atoms with Crippen molar-refractivity contribution in [1.82, 2.24) is 15.1 Å². The predicted molar refractivity (Wildman–Crippen MR) is 95.3 cm³/mol. The lowest BCUT2D eigenvalue weighted by atomic mass is 10.1. The SMILES string of the molecule is COC(=O)c1[nH]ncc1CN1CCC(Sc2ccccc2C)CC1. The van der Waals surface area contributed by atoms with Crippen molar-refractivity contribution in [3.8, 4) is 0 Å². The van der Waals surface area contributed by atoms with E-state index in [4.69, 9.17) is 4.74 Å². The molecule has 1 aromatic heterocycles. The van der Waals surface area contributed by atoms with Gasteiger partial charge in [0.2, 0.25) is 0 Å². The van der Waals surface area contributed by atoms with Gasteiger partial charge in [0.05, 0.1) is 13.3 Å². The maximum atomic E-state index is 11.7. The van der Waals surface area contributed by atoms with Crippen molar-refractivity contribution in [1.29, 1.82) is 0 Å². The van der Waals surface area contributed by atoms with Gasteiger partial charge in [-0.1, -0.05) is 18.2 Å². The molecule has 0 radical (unpaired) electrons. The second-order valence-corrected chi connectivity index (χ2v) is 7.46. The first-order valence-corrected chi connectivity index (χ1v) is 9.10. The molecule has 1 fully saturated rings. The van der Waals surface area contributed by atoms with Crippen molar-refractivity contribution in [2.24, 2.45) is 0 Å². The van der Waals surface area contributed by atoms with E-state index in [-0.39, 0.29) is 5.97 Å². The minimum atomic E-state index is -0.354. The molecule has 2 aromatic rings. The molecule has 2 heterocycles. The van der Waals surface area contributed by atoms with Gasteiger partial charge in [-0.3, -0.25) is 10.00 Å². The largest absolute Gasteiger partial charge is 0.464 e. The molecule has 0 atom stereocenters. The van der Waals surface area contributed by atoms with Crippen LogP contribution in [-0.2, 0) is 11.3 Å². The Hall–Kier alpha value is -1.79. The summed E-state index contributed by atoms with van der Waals surface area (Å²) >= 11 is 1.99. The Balaban J connectivity index is 1.53. The van der Waals surface area contributed by atoms with E-state index >= 15 is 0 Å². The molecule has 1 aliphatic rings. The average Bonchev–Trinajstić information content (AvgIpc) is 3.06. The summed E-state index contributed by atoms with van der Waals surface area (Å²) in [6.45, 7) is 4.98. The number of carbonyl (C=O) groups is 1. The van der Waals surface area contributed by atoms with Crippen LogP contribution in [0.1, 0.15) is 34.5 Å². The molecule has 24 heavy (non-hydrogen) atoms. The van der Waals surface area contributed by atoms with Gasteiger partial charge in [0, 0.05) is 22.3 Å². The van der Waals surface area contributed by atoms with Gasteiger partial charge in [-0.05, 0) is 44.5 Å². The zero-order chi connectivity index (χ0) is 16.9. The number of piperidine rings is 1. The molecule has 5 nitrogen and oxygen atoms in total. The molecule has 0 unspecified atom stereocenters. The van der Waals surface area contributed by atoms with Gasteiger partial charge in [0.25, 0.3) is 0 Å². The zero-order valence-corrected chi connectivity index (χ0v) is 14.9. The highest BCUT2D eigenvalue weighted by atomic mass is 32.2. The summed E-state index contributed by atoms with van der Waals surface area (Å²) in [5.74, 6) is -0.354. The number of aromatic amines is 1. The number of methoxy groups -OCH3 is 1. The highest BCUT2D eigenvalue weighted by molar-refractivity contribution is 8.00. The highest BCUT2D eigenvalue weighted by Gasteiger charge is 2.23. The number of hydrogen-bond donors (Lipinski definition) is 1. The molecule has 0 aliphatic carbocycles. The molecule has 1 saturated heterocycles. The molecule has 0 spiro atoms. The smallest absolute Gasteiger partial charge is 0.356 e.